The first-order valence-corrected chi connectivity index (χ1v) is 7.25. The van der Waals surface area contributed by atoms with Crippen molar-refractivity contribution in [2.75, 3.05) is 5.32 Å². The van der Waals surface area contributed by atoms with Gasteiger partial charge in [0.2, 0.25) is 5.91 Å². The largest absolute Gasteiger partial charge is 0.311 e. The van der Waals surface area contributed by atoms with Gasteiger partial charge in [-0.2, -0.15) is 5.10 Å². The maximum atomic E-state index is 12.1. The monoisotopic (exact) mass is 305 g/mol. The summed E-state index contributed by atoms with van der Waals surface area (Å²) in [4.78, 5) is 12.1. The molecule has 0 aliphatic carbocycles. The molecule has 0 spiro atoms. The summed E-state index contributed by atoms with van der Waals surface area (Å²) in [5.41, 5.74) is 1.60. The van der Waals surface area contributed by atoms with Gasteiger partial charge in [-0.25, -0.2) is 4.68 Å². The van der Waals surface area contributed by atoms with Crippen LogP contribution in [0.3, 0.4) is 0 Å². The van der Waals surface area contributed by atoms with Crippen molar-refractivity contribution in [3.63, 3.8) is 0 Å². The van der Waals surface area contributed by atoms with Crippen LogP contribution in [0.15, 0.2) is 30.3 Å². The molecule has 0 radical (unpaired) electrons. The van der Waals surface area contributed by atoms with Crippen molar-refractivity contribution in [2.24, 2.45) is 5.41 Å². The van der Waals surface area contributed by atoms with E-state index < -0.39 is 0 Å². The molecule has 5 heteroatoms. The van der Waals surface area contributed by atoms with Gasteiger partial charge in [-0.3, -0.25) is 4.79 Å². The fourth-order valence-electron chi connectivity index (χ4n) is 2.06. The summed E-state index contributed by atoms with van der Waals surface area (Å²) < 4.78 is 1.70. The Hall–Kier alpha value is -1.81. The number of aromatic nitrogens is 2. The van der Waals surface area contributed by atoms with Crippen LogP contribution in [-0.2, 0) is 4.79 Å². The van der Waals surface area contributed by atoms with Crippen LogP contribution in [0.1, 0.15) is 32.9 Å². The number of rotatable bonds is 3. The van der Waals surface area contributed by atoms with Crippen molar-refractivity contribution in [3.05, 3.63) is 41.0 Å². The van der Waals surface area contributed by atoms with Crippen LogP contribution >= 0.6 is 11.6 Å². The molecular formula is C16H20ClN3O. The predicted molar refractivity (Wildman–Crippen MR) is 86.0 cm³/mol. The van der Waals surface area contributed by atoms with Crippen molar-refractivity contribution in [3.8, 4) is 5.69 Å². The average Bonchev–Trinajstić information content (AvgIpc) is 2.67. The fraction of sp³-hybridized carbons (Fsp3) is 0.375. The Kier molecular flexibility index (Phi) is 4.37. The topological polar surface area (TPSA) is 46.9 Å². The Morgan fingerprint density at radius 3 is 2.67 bits per heavy atom. The predicted octanol–water partition coefficient (Wildman–Crippen LogP) is 4.21. The van der Waals surface area contributed by atoms with Crippen LogP contribution in [0.25, 0.3) is 5.69 Å². The highest BCUT2D eigenvalue weighted by molar-refractivity contribution is 6.30. The van der Waals surface area contributed by atoms with Gasteiger partial charge in [-0.05, 0) is 30.5 Å². The van der Waals surface area contributed by atoms with Gasteiger partial charge in [-0.15, -0.1) is 0 Å². The lowest BCUT2D eigenvalue weighted by atomic mass is 9.92. The van der Waals surface area contributed by atoms with E-state index in [9.17, 15) is 4.79 Å². The lowest BCUT2D eigenvalue weighted by molar-refractivity contribution is -0.117. The molecule has 0 bridgehead atoms. The van der Waals surface area contributed by atoms with Crippen molar-refractivity contribution in [1.82, 2.24) is 9.78 Å². The second kappa shape index (κ2) is 5.90. The van der Waals surface area contributed by atoms with Gasteiger partial charge in [0.1, 0.15) is 5.82 Å². The van der Waals surface area contributed by atoms with E-state index in [1.54, 1.807) is 10.7 Å². The molecule has 2 rings (SSSR count). The Labute approximate surface area is 130 Å². The van der Waals surface area contributed by atoms with Gasteiger partial charge in [0.05, 0.1) is 11.4 Å². The highest BCUT2D eigenvalue weighted by atomic mass is 35.5. The molecule has 0 saturated heterocycles. The number of carbonyl (C=O) groups excluding carboxylic acids is 1. The Morgan fingerprint density at radius 1 is 1.33 bits per heavy atom. The first-order chi connectivity index (χ1) is 9.74. The van der Waals surface area contributed by atoms with Gasteiger partial charge < -0.3 is 5.32 Å². The van der Waals surface area contributed by atoms with E-state index in [1.807, 2.05) is 52.0 Å². The summed E-state index contributed by atoms with van der Waals surface area (Å²) >= 11 is 6.02. The zero-order valence-corrected chi connectivity index (χ0v) is 13.5. The molecule has 0 aliphatic heterocycles. The number of aryl methyl sites for hydroxylation is 1. The third kappa shape index (κ3) is 4.33. The molecule has 21 heavy (non-hydrogen) atoms. The maximum Gasteiger partial charge on any atom is 0.226 e. The number of halogens is 1. The van der Waals surface area contributed by atoms with Crippen LogP contribution < -0.4 is 5.32 Å². The van der Waals surface area contributed by atoms with Crippen molar-refractivity contribution >= 4 is 23.3 Å². The Bertz CT molecular complexity index is 656. The summed E-state index contributed by atoms with van der Waals surface area (Å²) in [6.07, 6.45) is 0.451. The highest BCUT2D eigenvalue weighted by Crippen LogP contribution is 2.22. The molecule has 1 aromatic heterocycles. The van der Waals surface area contributed by atoms with Crippen LogP contribution in [-0.4, -0.2) is 15.7 Å². The SMILES string of the molecule is Cc1cc(NC(=O)CC(C)(C)C)n(-c2cccc(Cl)c2)n1. The second-order valence-corrected chi connectivity index (χ2v) is 6.78. The molecule has 0 saturated carbocycles. The third-order valence-electron chi connectivity index (χ3n) is 2.84. The Morgan fingerprint density at radius 2 is 2.05 bits per heavy atom. The number of nitrogens with zero attached hydrogens (tertiary/aromatic N) is 2. The van der Waals surface area contributed by atoms with Gasteiger partial charge in [0.25, 0.3) is 0 Å². The minimum Gasteiger partial charge on any atom is -0.311 e. The number of hydrogen-bond donors (Lipinski definition) is 1. The van der Waals surface area contributed by atoms with Gasteiger partial charge >= 0.3 is 0 Å². The molecule has 2 aromatic rings. The molecule has 0 fully saturated rings. The lowest BCUT2D eigenvalue weighted by Crippen LogP contribution is -2.21. The minimum absolute atomic E-state index is 0.0225. The van der Waals surface area contributed by atoms with Crippen molar-refractivity contribution in [1.29, 1.82) is 0 Å². The molecule has 4 nitrogen and oxygen atoms in total. The fourth-order valence-corrected chi connectivity index (χ4v) is 2.25. The molecule has 0 aliphatic rings. The molecule has 112 valence electrons. The minimum atomic E-state index is -0.0555. The standard InChI is InChI=1S/C16H20ClN3O/c1-11-8-14(18-15(21)10-16(2,3)4)20(19-11)13-7-5-6-12(17)9-13/h5-9H,10H2,1-4H3,(H,18,21). The quantitative estimate of drug-likeness (QED) is 0.923. The van der Waals surface area contributed by atoms with Gasteiger partial charge in [0.15, 0.2) is 0 Å². The van der Waals surface area contributed by atoms with E-state index in [-0.39, 0.29) is 11.3 Å². The van der Waals surface area contributed by atoms with Crippen molar-refractivity contribution < 1.29 is 4.79 Å². The number of benzene rings is 1. The molecular weight excluding hydrogens is 286 g/mol. The number of carbonyl (C=O) groups is 1. The van der Waals surface area contributed by atoms with Gasteiger partial charge in [-0.1, -0.05) is 38.4 Å². The molecule has 1 amide bonds. The highest BCUT2D eigenvalue weighted by Gasteiger charge is 2.18. The Balaban J connectivity index is 2.27. The normalized spacial score (nSPS) is 11.5. The summed E-state index contributed by atoms with van der Waals surface area (Å²) in [7, 11) is 0. The van der Waals surface area contributed by atoms with Crippen LogP contribution in [0.2, 0.25) is 5.02 Å². The molecule has 1 heterocycles. The number of hydrogen-bond acceptors (Lipinski definition) is 2. The number of amides is 1. The molecule has 0 atom stereocenters. The van der Waals surface area contributed by atoms with Crippen LogP contribution in [0, 0.1) is 12.3 Å². The zero-order valence-electron chi connectivity index (χ0n) is 12.8. The summed E-state index contributed by atoms with van der Waals surface area (Å²) in [5, 5.41) is 7.97. The summed E-state index contributed by atoms with van der Waals surface area (Å²) in [5.74, 6) is 0.634. The second-order valence-electron chi connectivity index (χ2n) is 6.35. The summed E-state index contributed by atoms with van der Waals surface area (Å²) in [6, 6.07) is 9.22. The van der Waals surface area contributed by atoms with Crippen LogP contribution in [0.4, 0.5) is 5.82 Å². The smallest absolute Gasteiger partial charge is 0.226 e. The van der Waals surface area contributed by atoms with E-state index in [1.165, 1.54) is 0 Å². The van der Waals surface area contributed by atoms with Crippen LogP contribution in [0.5, 0.6) is 0 Å². The lowest BCUT2D eigenvalue weighted by Gasteiger charge is -2.17. The average molecular weight is 306 g/mol. The molecule has 1 aromatic carbocycles. The van der Waals surface area contributed by atoms with E-state index in [4.69, 9.17) is 11.6 Å². The third-order valence-corrected chi connectivity index (χ3v) is 3.08. The number of nitrogens with one attached hydrogen (secondary N) is 1. The maximum absolute atomic E-state index is 12.1. The van der Waals surface area contributed by atoms with E-state index in [2.05, 4.69) is 10.4 Å². The number of anilines is 1. The first kappa shape index (κ1) is 15.6. The van der Waals surface area contributed by atoms with E-state index in [0.29, 0.717) is 17.3 Å². The van der Waals surface area contributed by atoms with E-state index in [0.717, 1.165) is 11.4 Å². The summed E-state index contributed by atoms with van der Waals surface area (Å²) in [6.45, 7) is 7.99. The van der Waals surface area contributed by atoms with Crippen molar-refractivity contribution in [2.45, 2.75) is 34.1 Å². The van der Waals surface area contributed by atoms with E-state index >= 15 is 0 Å². The van der Waals surface area contributed by atoms with Gasteiger partial charge in [0, 0.05) is 17.5 Å². The zero-order chi connectivity index (χ0) is 15.6. The molecule has 0 unspecified atom stereocenters. The molecule has 1 N–H and O–H groups in total. The first-order valence-electron chi connectivity index (χ1n) is 6.87.